The molecule has 1 aromatic heterocycles. The monoisotopic (exact) mass is 405 g/mol. The molecule has 146 valence electrons. The number of aromatic nitrogens is 1. The molecule has 0 radical (unpaired) electrons. The third kappa shape index (κ3) is 3.52. The summed E-state index contributed by atoms with van der Waals surface area (Å²) >= 11 is 1.38. The molecule has 3 aromatic rings. The molecule has 2 aromatic carbocycles. The number of methoxy groups -OCH3 is 1. The Morgan fingerprint density at radius 2 is 1.93 bits per heavy atom. The van der Waals surface area contributed by atoms with Gasteiger partial charge in [-0.05, 0) is 43.3 Å². The predicted molar refractivity (Wildman–Crippen MR) is 115 cm³/mol. The molecule has 0 atom stereocenters. The number of allylic oxidation sites excluding steroid dienone is 1. The van der Waals surface area contributed by atoms with E-state index < -0.39 is 5.97 Å². The minimum Gasteiger partial charge on any atom is -0.493 e. The van der Waals surface area contributed by atoms with E-state index in [1.165, 1.54) is 18.4 Å². The summed E-state index contributed by atoms with van der Waals surface area (Å²) in [5.74, 6) is -0.247. The van der Waals surface area contributed by atoms with Crippen LogP contribution in [-0.4, -0.2) is 28.5 Å². The predicted octanol–water partition coefficient (Wildman–Crippen LogP) is 4.46. The number of fused-ring (bicyclic) bond motifs is 1. The summed E-state index contributed by atoms with van der Waals surface area (Å²) in [5, 5.41) is 10.6. The van der Waals surface area contributed by atoms with E-state index in [9.17, 15) is 9.90 Å². The Labute approximate surface area is 171 Å². The Hall–Kier alpha value is -3.45. The van der Waals surface area contributed by atoms with Crippen molar-refractivity contribution in [3.05, 3.63) is 69.3 Å². The third-order valence-electron chi connectivity index (χ3n) is 4.69. The lowest BCUT2D eigenvalue weighted by molar-refractivity contribution is 0.0601. The van der Waals surface area contributed by atoms with E-state index in [1.54, 1.807) is 35.9 Å². The van der Waals surface area contributed by atoms with Crippen LogP contribution in [0.25, 0.3) is 11.6 Å². The summed E-state index contributed by atoms with van der Waals surface area (Å²) in [5.41, 5.74) is 5.04. The molecule has 1 aliphatic rings. The smallest absolute Gasteiger partial charge is 0.337 e. The standard InChI is InChI=1S/C22H19N3O3S/c1-13-17(16-6-4-5-7-18(16)23-13)12-19-20(26)25(2)22(29-19)24-15-10-8-14(9-11-15)21(27)28-3/h4-12,26H,1-3H3/b17-12+,24-22?. The van der Waals surface area contributed by atoms with Crippen LogP contribution in [0.5, 0.6) is 5.88 Å². The van der Waals surface area contributed by atoms with Crippen LogP contribution in [0.15, 0.2) is 58.5 Å². The molecule has 0 fully saturated rings. The van der Waals surface area contributed by atoms with Crippen LogP contribution in [0.1, 0.15) is 27.7 Å². The maximum atomic E-state index is 11.6. The number of carbonyl (C=O) groups excluding carboxylic acids is 1. The number of hydrogen-bond donors (Lipinski definition) is 1. The topological polar surface area (TPSA) is 76.2 Å². The first kappa shape index (κ1) is 18.9. The fourth-order valence-corrected chi connectivity index (χ4v) is 4.08. The van der Waals surface area contributed by atoms with Gasteiger partial charge >= 0.3 is 5.97 Å². The van der Waals surface area contributed by atoms with Crippen molar-refractivity contribution >= 4 is 46.0 Å². The van der Waals surface area contributed by atoms with Crippen LogP contribution in [-0.2, 0) is 11.8 Å². The van der Waals surface area contributed by atoms with Crippen molar-refractivity contribution in [3.63, 3.8) is 0 Å². The Balaban J connectivity index is 1.73. The number of hydrogen-bond acceptors (Lipinski definition) is 6. The molecule has 0 saturated heterocycles. The van der Waals surface area contributed by atoms with Crippen molar-refractivity contribution in [2.24, 2.45) is 17.0 Å². The first-order chi connectivity index (χ1) is 14.0. The van der Waals surface area contributed by atoms with Gasteiger partial charge in [-0.25, -0.2) is 9.79 Å². The summed E-state index contributed by atoms with van der Waals surface area (Å²) in [7, 11) is 3.11. The van der Waals surface area contributed by atoms with Crippen LogP contribution in [0.2, 0.25) is 0 Å². The number of aromatic hydroxyl groups is 1. The summed E-state index contributed by atoms with van der Waals surface area (Å²) in [6.07, 6.45) is 1.95. The van der Waals surface area contributed by atoms with Crippen LogP contribution < -0.4 is 4.80 Å². The first-order valence-electron chi connectivity index (χ1n) is 8.96. The zero-order valence-electron chi connectivity index (χ0n) is 16.2. The molecule has 1 N–H and O–H groups in total. The van der Waals surface area contributed by atoms with Crippen molar-refractivity contribution in [3.8, 4) is 5.88 Å². The van der Waals surface area contributed by atoms with E-state index in [0.29, 0.717) is 20.9 Å². The van der Waals surface area contributed by atoms with Gasteiger partial charge < -0.3 is 9.84 Å². The fourth-order valence-electron chi connectivity index (χ4n) is 3.11. The molecule has 29 heavy (non-hydrogen) atoms. The molecule has 2 heterocycles. The summed E-state index contributed by atoms with van der Waals surface area (Å²) < 4.78 is 6.35. The van der Waals surface area contributed by atoms with Crippen molar-refractivity contribution in [2.75, 3.05) is 7.11 Å². The van der Waals surface area contributed by atoms with Crippen LogP contribution in [0, 0.1) is 0 Å². The highest BCUT2D eigenvalue weighted by Crippen LogP contribution is 2.37. The van der Waals surface area contributed by atoms with Gasteiger partial charge in [-0.1, -0.05) is 29.5 Å². The first-order valence-corrected chi connectivity index (χ1v) is 9.78. The summed E-state index contributed by atoms with van der Waals surface area (Å²) in [6.45, 7) is 1.96. The molecule has 0 saturated carbocycles. The molecule has 0 spiro atoms. The second-order valence-corrected chi connectivity index (χ2v) is 7.56. The molecule has 0 bridgehead atoms. The highest BCUT2D eigenvalue weighted by molar-refractivity contribution is 7.10. The number of para-hydroxylation sites is 1. The van der Waals surface area contributed by atoms with E-state index in [4.69, 9.17) is 4.74 Å². The summed E-state index contributed by atoms with van der Waals surface area (Å²) in [6, 6.07) is 14.8. The van der Waals surface area contributed by atoms with Gasteiger partial charge in [0.05, 0.1) is 28.9 Å². The Morgan fingerprint density at radius 3 is 2.66 bits per heavy atom. The van der Waals surface area contributed by atoms with Gasteiger partial charge in [0.25, 0.3) is 0 Å². The molecule has 7 heteroatoms. The van der Waals surface area contributed by atoms with Crippen LogP contribution >= 0.6 is 11.3 Å². The minimum absolute atomic E-state index is 0.143. The Kier molecular flexibility index (Phi) is 4.90. The SMILES string of the molecule is COC(=O)c1ccc(N=c2sc(/C=C3\C(C)=Nc4ccccc43)c(O)n2C)cc1. The minimum atomic E-state index is -0.390. The average molecular weight is 405 g/mol. The van der Waals surface area contributed by atoms with E-state index in [-0.39, 0.29) is 5.88 Å². The van der Waals surface area contributed by atoms with Gasteiger partial charge in [0, 0.05) is 23.9 Å². The molecule has 0 aliphatic carbocycles. The second kappa shape index (κ2) is 7.52. The zero-order chi connectivity index (χ0) is 20.5. The molecule has 0 unspecified atom stereocenters. The Morgan fingerprint density at radius 1 is 1.21 bits per heavy atom. The van der Waals surface area contributed by atoms with Crippen molar-refractivity contribution in [1.29, 1.82) is 0 Å². The maximum Gasteiger partial charge on any atom is 0.337 e. The van der Waals surface area contributed by atoms with E-state index in [1.807, 2.05) is 37.3 Å². The van der Waals surface area contributed by atoms with Crippen LogP contribution in [0.4, 0.5) is 11.4 Å². The number of esters is 1. The lowest BCUT2D eigenvalue weighted by atomic mass is 10.0. The molecular formula is C22H19N3O3S. The van der Waals surface area contributed by atoms with E-state index in [0.717, 1.165) is 22.5 Å². The van der Waals surface area contributed by atoms with Gasteiger partial charge in [0.15, 0.2) is 4.80 Å². The average Bonchev–Trinajstić information content (AvgIpc) is 3.19. The van der Waals surface area contributed by atoms with Gasteiger partial charge in [-0.3, -0.25) is 9.56 Å². The highest BCUT2D eigenvalue weighted by atomic mass is 32.1. The van der Waals surface area contributed by atoms with Crippen molar-refractivity contribution in [1.82, 2.24) is 4.57 Å². The van der Waals surface area contributed by atoms with E-state index >= 15 is 0 Å². The zero-order valence-corrected chi connectivity index (χ0v) is 17.0. The summed E-state index contributed by atoms with van der Waals surface area (Å²) in [4.78, 5) is 22.1. The lowest BCUT2D eigenvalue weighted by Gasteiger charge is -2.01. The fraction of sp³-hybridized carbons (Fsp3) is 0.136. The number of benzene rings is 2. The molecule has 1 aliphatic heterocycles. The lowest BCUT2D eigenvalue weighted by Crippen LogP contribution is -2.08. The van der Waals surface area contributed by atoms with Crippen molar-refractivity contribution < 1.29 is 14.6 Å². The molecule has 0 amide bonds. The number of rotatable bonds is 3. The normalized spacial score (nSPS) is 14.8. The van der Waals surface area contributed by atoms with Gasteiger partial charge in [-0.15, -0.1) is 0 Å². The van der Waals surface area contributed by atoms with Gasteiger partial charge in [0.1, 0.15) is 0 Å². The number of ether oxygens (including phenoxy) is 1. The maximum absolute atomic E-state index is 11.6. The number of carbonyl (C=O) groups is 1. The third-order valence-corrected chi connectivity index (χ3v) is 5.76. The second-order valence-electron chi connectivity index (χ2n) is 6.55. The molecular weight excluding hydrogens is 386 g/mol. The molecule has 6 nitrogen and oxygen atoms in total. The number of aliphatic imine (C=N–C) groups is 1. The van der Waals surface area contributed by atoms with E-state index in [2.05, 4.69) is 9.98 Å². The number of thiazole rings is 1. The Bertz CT molecular complexity index is 1230. The largest absolute Gasteiger partial charge is 0.493 e. The molecule has 4 rings (SSSR count). The van der Waals surface area contributed by atoms with Gasteiger partial charge in [-0.2, -0.15) is 0 Å². The quantitative estimate of drug-likeness (QED) is 0.654. The highest BCUT2D eigenvalue weighted by Gasteiger charge is 2.19. The van der Waals surface area contributed by atoms with Gasteiger partial charge in [0.2, 0.25) is 5.88 Å². The van der Waals surface area contributed by atoms with Crippen molar-refractivity contribution in [2.45, 2.75) is 6.92 Å². The van der Waals surface area contributed by atoms with Crippen LogP contribution in [0.3, 0.4) is 0 Å². The number of nitrogens with zero attached hydrogens (tertiary/aromatic N) is 3.